The molecule has 0 radical (unpaired) electrons. The molecule has 0 heterocycles. The maximum Gasteiger partial charge on any atom is 0.189 e. The molecule has 1 aromatic rings. The summed E-state index contributed by atoms with van der Waals surface area (Å²) in [5.41, 5.74) is -1.34. The third kappa shape index (κ3) is 2.25. The van der Waals surface area contributed by atoms with Crippen molar-refractivity contribution in [3.8, 4) is 17.9 Å². The first-order chi connectivity index (χ1) is 7.16. The minimum atomic E-state index is -1.74. The van der Waals surface area contributed by atoms with E-state index < -0.39 is 5.60 Å². The van der Waals surface area contributed by atoms with Gasteiger partial charge in [0.1, 0.15) is 11.8 Å². The quantitative estimate of drug-likeness (QED) is 0.750. The minimum Gasteiger partial charge on any atom is -0.497 e. The normalized spacial score (nSPS) is 13.3. The maximum atomic E-state index is 9.83. The third-order valence-electron chi connectivity index (χ3n) is 2.09. The lowest BCUT2D eigenvalue weighted by Gasteiger charge is -2.17. The van der Waals surface area contributed by atoms with E-state index in [1.807, 2.05) is 0 Å². The van der Waals surface area contributed by atoms with Gasteiger partial charge in [-0.05, 0) is 17.7 Å². The highest BCUT2D eigenvalue weighted by molar-refractivity contribution is 5.34. The van der Waals surface area contributed by atoms with E-state index in [0.717, 1.165) is 0 Å². The average molecular weight is 202 g/mol. The molecule has 0 aliphatic heterocycles. The van der Waals surface area contributed by atoms with Crippen LogP contribution >= 0.6 is 0 Å². The molecule has 4 heteroatoms. The first kappa shape index (κ1) is 11.0. The standard InChI is InChI=1S/C11H10N2O2/c1-15-10-4-2-9(3-5-10)11(14,8-13)6-7-12/h2-5,14H,6H2,1H3. The molecule has 0 fully saturated rings. The van der Waals surface area contributed by atoms with Gasteiger partial charge >= 0.3 is 0 Å². The van der Waals surface area contributed by atoms with Crippen molar-refractivity contribution in [2.75, 3.05) is 7.11 Å². The van der Waals surface area contributed by atoms with Crippen molar-refractivity contribution in [2.24, 2.45) is 0 Å². The number of methoxy groups -OCH3 is 1. The van der Waals surface area contributed by atoms with Gasteiger partial charge in [-0.15, -0.1) is 0 Å². The minimum absolute atomic E-state index is 0.254. The van der Waals surface area contributed by atoms with Crippen LogP contribution in [0.3, 0.4) is 0 Å². The molecular weight excluding hydrogens is 192 g/mol. The lowest BCUT2D eigenvalue weighted by Crippen LogP contribution is -2.22. The van der Waals surface area contributed by atoms with Crippen LogP contribution in [0.5, 0.6) is 5.75 Å². The first-order valence-corrected chi connectivity index (χ1v) is 4.31. The third-order valence-corrected chi connectivity index (χ3v) is 2.09. The number of benzene rings is 1. The highest BCUT2D eigenvalue weighted by Gasteiger charge is 2.28. The number of hydrogen-bond donors (Lipinski definition) is 1. The number of nitriles is 2. The van der Waals surface area contributed by atoms with Gasteiger partial charge in [-0.1, -0.05) is 12.1 Å². The van der Waals surface area contributed by atoms with Gasteiger partial charge in [-0.3, -0.25) is 0 Å². The van der Waals surface area contributed by atoms with Crippen LogP contribution < -0.4 is 4.74 Å². The van der Waals surface area contributed by atoms with Crippen LogP contribution in [0.4, 0.5) is 0 Å². The molecule has 1 atom stereocenters. The van der Waals surface area contributed by atoms with Crippen molar-refractivity contribution in [3.05, 3.63) is 29.8 Å². The summed E-state index contributed by atoms with van der Waals surface area (Å²) in [6, 6.07) is 9.91. The molecule has 0 aromatic heterocycles. The number of hydrogen-bond acceptors (Lipinski definition) is 4. The van der Waals surface area contributed by atoms with Crippen LogP contribution in [-0.2, 0) is 5.60 Å². The molecule has 1 aromatic carbocycles. The van der Waals surface area contributed by atoms with Gasteiger partial charge in [0.2, 0.25) is 0 Å². The molecule has 0 saturated heterocycles. The Labute approximate surface area is 87.9 Å². The molecule has 0 amide bonds. The fourth-order valence-electron chi connectivity index (χ4n) is 1.19. The van der Waals surface area contributed by atoms with Crippen molar-refractivity contribution < 1.29 is 9.84 Å². The van der Waals surface area contributed by atoms with Gasteiger partial charge < -0.3 is 9.84 Å². The Kier molecular flexibility index (Phi) is 3.28. The predicted molar refractivity (Wildman–Crippen MR) is 52.7 cm³/mol. The van der Waals surface area contributed by atoms with Gasteiger partial charge in [-0.25, -0.2) is 0 Å². The van der Waals surface area contributed by atoms with Crippen LogP contribution in [-0.4, -0.2) is 12.2 Å². The monoisotopic (exact) mass is 202 g/mol. The topological polar surface area (TPSA) is 77.0 Å². The van der Waals surface area contributed by atoms with E-state index in [0.29, 0.717) is 11.3 Å². The molecule has 0 saturated carbocycles. The van der Waals surface area contributed by atoms with Crippen molar-refractivity contribution in [2.45, 2.75) is 12.0 Å². The Morgan fingerprint density at radius 1 is 1.33 bits per heavy atom. The van der Waals surface area contributed by atoms with E-state index in [2.05, 4.69) is 0 Å². The molecule has 0 aliphatic rings. The van der Waals surface area contributed by atoms with E-state index >= 15 is 0 Å². The lowest BCUT2D eigenvalue weighted by molar-refractivity contribution is 0.103. The van der Waals surface area contributed by atoms with Crippen LogP contribution in [0.2, 0.25) is 0 Å². The zero-order valence-corrected chi connectivity index (χ0v) is 8.27. The zero-order valence-electron chi connectivity index (χ0n) is 8.27. The van der Waals surface area contributed by atoms with Crippen LogP contribution in [0.25, 0.3) is 0 Å². The van der Waals surface area contributed by atoms with Crippen LogP contribution in [0, 0.1) is 22.7 Å². The summed E-state index contributed by atoms with van der Waals surface area (Å²) in [5.74, 6) is 0.635. The summed E-state index contributed by atoms with van der Waals surface area (Å²) < 4.78 is 4.95. The summed E-state index contributed by atoms with van der Waals surface area (Å²) in [5, 5.41) is 27.2. The second kappa shape index (κ2) is 4.45. The van der Waals surface area contributed by atoms with Gasteiger partial charge in [0, 0.05) is 0 Å². The first-order valence-electron chi connectivity index (χ1n) is 4.31. The fourth-order valence-corrected chi connectivity index (χ4v) is 1.19. The largest absolute Gasteiger partial charge is 0.497 e. The molecule has 1 N–H and O–H groups in total. The highest BCUT2D eigenvalue weighted by atomic mass is 16.5. The summed E-state index contributed by atoms with van der Waals surface area (Å²) in [4.78, 5) is 0. The summed E-state index contributed by atoms with van der Waals surface area (Å²) in [6.45, 7) is 0. The number of ether oxygens (including phenoxy) is 1. The Balaban J connectivity index is 3.05. The number of aliphatic hydroxyl groups is 1. The van der Waals surface area contributed by atoms with E-state index in [4.69, 9.17) is 15.3 Å². The number of rotatable bonds is 3. The number of nitrogens with zero attached hydrogens (tertiary/aromatic N) is 2. The second-order valence-corrected chi connectivity index (χ2v) is 3.04. The molecule has 76 valence electrons. The molecule has 4 nitrogen and oxygen atoms in total. The molecule has 0 bridgehead atoms. The average Bonchev–Trinajstić information content (AvgIpc) is 2.29. The van der Waals surface area contributed by atoms with Gasteiger partial charge in [0.15, 0.2) is 5.60 Å². The van der Waals surface area contributed by atoms with Gasteiger partial charge in [0.05, 0.1) is 19.6 Å². The van der Waals surface area contributed by atoms with Crippen LogP contribution in [0.15, 0.2) is 24.3 Å². The molecule has 15 heavy (non-hydrogen) atoms. The van der Waals surface area contributed by atoms with Crippen molar-refractivity contribution >= 4 is 0 Å². The summed E-state index contributed by atoms with van der Waals surface area (Å²) in [6.07, 6.45) is -0.254. The van der Waals surface area contributed by atoms with E-state index in [9.17, 15) is 5.11 Å². The zero-order chi connectivity index (χ0) is 11.3. The Hall–Kier alpha value is -2.04. The Morgan fingerprint density at radius 3 is 2.33 bits per heavy atom. The Morgan fingerprint density at radius 2 is 1.93 bits per heavy atom. The highest BCUT2D eigenvalue weighted by Crippen LogP contribution is 2.25. The lowest BCUT2D eigenvalue weighted by atomic mass is 9.92. The maximum absolute atomic E-state index is 9.83. The summed E-state index contributed by atoms with van der Waals surface area (Å²) >= 11 is 0. The van der Waals surface area contributed by atoms with Crippen molar-refractivity contribution in [1.29, 1.82) is 10.5 Å². The van der Waals surface area contributed by atoms with Gasteiger partial charge in [0.25, 0.3) is 0 Å². The Bertz CT molecular complexity index is 414. The summed E-state index contributed by atoms with van der Waals surface area (Å²) in [7, 11) is 1.53. The van der Waals surface area contributed by atoms with Crippen molar-refractivity contribution in [3.63, 3.8) is 0 Å². The van der Waals surface area contributed by atoms with Crippen LogP contribution in [0.1, 0.15) is 12.0 Å². The molecule has 1 unspecified atom stereocenters. The van der Waals surface area contributed by atoms with Crippen molar-refractivity contribution in [1.82, 2.24) is 0 Å². The van der Waals surface area contributed by atoms with Gasteiger partial charge in [-0.2, -0.15) is 10.5 Å². The van der Waals surface area contributed by atoms with E-state index in [-0.39, 0.29) is 6.42 Å². The van der Waals surface area contributed by atoms with E-state index in [1.165, 1.54) is 7.11 Å². The molecular formula is C11H10N2O2. The van der Waals surface area contributed by atoms with E-state index in [1.54, 1.807) is 36.4 Å². The predicted octanol–water partition coefficient (Wildman–Crippen LogP) is 1.32. The fraction of sp³-hybridized carbons (Fsp3) is 0.273. The smallest absolute Gasteiger partial charge is 0.189 e. The SMILES string of the molecule is COc1ccc(C(O)(C#N)CC#N)cc1. The second-order valence-electron chi connectivity index (χ2n) is 3.04. The molecule has 0 aliphatic carbocycles. The molecule has 1 rings (SSSR count). The molecule has 0 spiro atoms.